The molecule has 2 heterocycles. The number of amides is 1. The molecular formula is C30H31N3O2S. The Bertz CT molecular complexity index is 1260. The first-order valence-electron chi connectivity index (χ1n) is 12.6. The van der Waals surface area contributed by atoms with Gasteiger partial charge in [-0.1, -0.05) is 72.3 Å². The van der Waals surface area contributed by atoms with Crippen LogP contribution in [0.1, 0.15) is 40.9 Å². The minimum atomic E-state index is 0.201. The Kier molecular flexibility index (Phi) is 7.72. The fourth-order valence-electron chi connectivity index (χ4n) is 4.64. The van der Waals surface area contributed by atoms with E-state index in [1.807, 2.05) is 29.2 Å². The van der Waals surface area contributed by atoms with Crippen LogP contribution in [-0.4, -0.2) is 33.3 Å². The highest BCUT2D eigenvalue weighted by Gasteiger charge is 2.23. The molecule has 6 heteroatoms. The second kappa shape index (κ2) is 11.5. The molecule has 3 aromatic carbocycles. The lowest BCUT2D eigenvalue weighted by Crippen LogP contribution is -2.39. The maximum atomic E-state index is 12.9. The van der Waals surface area contributed by atoms with E-state index in [2.05, 4.69) is 70.9 Å². The van der Waals surface area contributed by atoms with Gasteiger partial charge in [-0.2, -0.15) is 9.36 Å². The summed E-state index contributed by atoms with van der Waals surface area (Å²) < 4.78 is 10.3. The van der Waals surface area contributed by atoms with Gasteiger partial charge in [0, 0.05) is 31.0 Å². The fraction of sp³-hybridized carbons (Fsp3) is 0.300. The van der Waals surface area contributed by atoms with Crippen LogP contribution in [0.3, 0.4) is 0 Å². The van der Waals surface area contributed by atoms with E-state index in [1.54, 1.807) is 0 Å². The second-order valence-corrected chi connectivity index (χ2v) is 10.3. The normalized spacial score (nSPS) is 14.1. The van der Waals surface area contributed by atoms with Gasteiger partial charge in [0.25, 0.3) is 5.19 Å². The number of carbonyl (C=O) groups excluding carboxylic acids is 1. The van der Waals surface area contributed by atoms with Crippen molar-refractivity contribution < 1.29 is 9.53 Å². The number of benzene rings is 3. The van der Waals surface area contributed by atoms with E-state index >= 15 is 0 Å². The van der Waals surface area contributed by atoms with E-state index in [9.17, 15) is 4.79 Å². The lowest BCUT2D eigenvalue weighted by molar-refractivity contribution is -0.131. The first kappa shape index (κ1) is 24.2. The number of rotatable bonds is 8. The number of aromatic nitrogens is 2. The van der Waals surface area contributed by atoms with Crippen LogP contribution < -0.4 is 4.74 Å². The fourth-order valence-corrected chi connectivity index (χ4v) is 5.20. The van der Waals surface area contributed by atoms with E-state index in [-0.39, 0.29) is 5.91 Å². The molecule has 1 aliphatic rings. The summed E-state index contributed by atoms with van der Waals surface area (Å²) in [5.41, 5.74) is 4.80. The zero-order chi connectivity index (χ0) is 24.7. The Labute approximate surface area is 217 Å². The summed E-state index contributed by atoms with van der Waals surface area (Å²) in [5.74, 6) is 2.32. The molecule has 0 radical (unpaired) electrons. The molecule has 0 N–H and O–H groups in total. The van der Waals surface area contributed by atoms with Crippen LogP contribution in [0.5, 0.6) is 10.9 Å². The Hall–Kier alpha value is -3.51. The third-order valence-electron chi connectivity index (χ3n) is 6.75. The number of likely N-dealkylation sites (tertiary alicyclic amines) is 1. The molecule has 36 heavy (non-hydrogen) atoms. The summed E-state index contributed by atoms with van der Waals surface area (Å²) >= 11 is 1.26. The van der Waals surface area contributed by atoms with Crippen molar-refractivity contribution in [3.8, 4) is 10.9 Å². The van der Waals surface area contributed by atoms with Gasteiger partial charge in [0.15, 0.2) is 5.82 Å². The van der Waals surface area contributed by atoms with E-state index < -0.39 is 0 Å². The molecule has 0 atom stereocenters. The van der Waals surface area contributed by atoms with Gasteiger partial charge in [0.1, 0.15) is 5.75 Å². The van der Waals surface area contributed by atoms with Gasteiger partial charge < -0.3 is 9.64 Å². The Morgan fingerprint density at radius 3 is 2.33 bits per heavy atom. The number of carbonyl (C=O) groups is 1. The molecule has 4 aromatic rings. The van der Waals surface area contributed by atoms with Gasteiger partial charge in [-0.15, -0.1) is 0 Å². The van der Waals surface area contributed by atoms with Crippen molar-refractivity contribution in [3.05, 3.63) is 107 Å². The van der Waals surface area contributed by atoms with E-state index in [1.165, 1.54) is 28.2 Å². The molecule has 1 aromatic heterocycles. The van der Waals surface area contributed by atoms with Crippen molar-refractivity contribution in [3.63, 3.8) is 0 Å². The molecule has 5 rings (SSSR count). The topological polar surface area (TPSA) is 55.3 Å². The molecule has 184 valence electrons. The molecule has 1 saturated heterocycles. The zero-order valence-corrected chi connectivity index (χ0v) is 21.4. The van der Waals surface area contributed by atoms with Crippen LogP contribution in [0.15, 0.2) is 78.9 Å². The summed E-state index contributed by atoms with van der Waals surface area (Å²) in [6, 6.07) is 26.8. The minimum absolute atomic E-state index is 0.201. The van der Waals surface area contributed by atoms with Crippen molar-refractivity contribution in [2.45, 2.75) is 39.0 Å². The van der Waals surface area contributed by atoms with E-state index in [0.717, 1.165) is 43.7 Å². The van der Waals surface area contributed by atoms with Crippen LogP contribution in [0, 0.1) is 12.8 Å². The van der Waals surface area contributed by atoms with E-state index in [4.69, 9.17) is 4.74 Å². The summed E-state index contributed by atoms with van der Waals surface area (Å²) in [6.07, 6.45) is 4.35. The van der Waals surface area contributed by atoms with Gasteiger partial charge in [0.05, 0.1) is 6.42 Å². The van der Waals surface area contributed by atoms with Crippen LogP contribution >= 0.6 is 11.5 Å². The molecule has 0 aliphatic carbocycles. The monoisotopic (exact) mass is 497 g/mol. The maximum absolute atomic E-state index is 12.9. The van der Waals surface area contributed by atoms with Crippen LogP contribution in [0.25, 0.3) is 0 Å². The number of aryl methyl sites for hydroxylation is 1. The zero-order valence-electron chi connectivity index (χ0n) is 20.6. The maximum Gasteiger partial charge on any atom is 0.298 e. The predicted molar refractivity (Wildman–Crippen MR) is 144 cm³/mol. The molecule has 0 spiro atoms. The Morgan fingerprint density at radius 1 is 0.917 bits per heavy atom. The lowest BCUT2D eigenvalue weighted by atomic mass is 9.90. The third kappa shape index (κ3) is 6.58. The van der Waals surface area contributed by atoms with Gasteiger partial charge in [-0.05, 0) is 60.9 Å². The summed E-state index contributed by atoms with van der Waals surface area (Å²) in [7, 11) is 0. The van der Waals surface area contributed by atoms with Crippen LogP contribution in [0.4, 0.5) is 0 Å². The third-order valence-corrected chi connectivity index (χ3v) is 7.38. The first-order valence-corrected chi connectivity index (χ1v) is 13.3. The van der Waals surface area contributed by atoms with Crippen molar-refractivity contribution in [1.29, 1.82) is 0 Å². The summed E-state index contributed by atoms with van der Waals surface area (Å²) in [5, 5.41) is 0.527. The predicted octanol–water partition coefficient (Wildman–Crippen LogP) is 6.25. The van der Waals surface area contributed by atoms with Gasteiger partial charge in [-0.25, -0.2) is 0 Å². The summed E-state index contributed by atoms with van der Waals surface area (Å²) in [6.45, 7) is 3.77. The highest BCUT2D eigenvalue weighted by atomic mass is 32.1. The van der Waals surface area contributed by atoms with Gasteiger partial charge in [-0.3, -0.25) is 4.79 Å². The van der Waals surface area contributed by atoms with Crippen molar-refractivity contribution >= 4 is 17.4 Å². The van der Waals surface area contributed by atoms with Gasteiger partial charge in [0.2, 0.25) is 5.91 Å². The standard InChI is InChI=1S/C30H31N3O2S/c1-22-7-9-24(10-8-22)20-28-31-30(36-32-28)35-27-13-11-25(12-14-27)21-29(34)33-17-15-26(16-18-33)19-23-5-3-2-4-6-23/h2-14,26H,15-21H2,1H3. The van der Waals surface area contributed by atoms with E-state index in [0.29, 0.717) is 29.7 Å². The molecule has 1 fully saturated rings. The molecule has 5 nitrogen and oxygen atoms in total. The first-order chi connectivity index (χ1) is 17.6. The second-order valence-electron chi connectivity index (χ2n) is 9.58. The average molecular weight is 498 g/mol. The Morgan fingerprint density at radius 2 is 1.61 bits per heavy atom. The van der Waals surface area contributed by atoms with Crippen molar-refractivity contribution in [1.82, 2.24) is 14.3 Å². The van der Waals surface area contributed by atoms with Crippen molar-refractivity contribution in [2.75, 3.05) is 13.1 Å². The number of ether oxygens (including phenoxy) is 1. The SMILES string of the molecule is Cc1ccc(Cc2nsc(Oc3ccc(CC(=O)N4CCC(Cc5ccccc5)CC4)cc3)n2)cc1. The molecule has 0 saturated carbocycles. The molecule has 1 aliphatic heterocycles. The quantitative estimate of drug-likeness (QED) is 0.289. The smallest absolute Gasteiger partial charge is 0.298 e. The van der Waals surface area contributed by atoms with Crippen molar-refractivity contribution in [2.24, 2.45) is 5.92 Å². The Balaban J connectivity index is 1.08. The molecule has 0 bridgehead atoms. The largest absolute Gasteiger partial charge is 0.430 e. The molecule has 0 unspecified atom stereocenters. The lowest BCUT2D eigenvalue weighted by Gasteiger charge is -2.32. The number of piperidine rings is 1. The molecule has 1 amide bonds. The highest BCUT2D eigenvalue weighted by molar-refractivity contribution is 7.07. The van der Waals surface area contributed by atoms with Gasteiger partial charge >= 0.3 is 0 Å². The molecular weight excluding hydrogens is 466 g/mol. The minimum Gasteiger partial charge on any atom is -0.430 e. The van der Waals surface area contributed by atoms with Crippen LogP contribution in [-0.2, 0) is 24.1 Å². The number of hydrogen-bond donors (Lipinski definition) is 0. The average Bonchev–Trinajstić information content (AvgIpc) is 3.34. The number of nitrogens with zero attached hydrogens (tertiary/aromatic N) is 3. The number of hydrogen-bond acceptors (Lipinski definition) is 5. The highest BCUT2D eigenvalue weighted by Crippen LogP contribution is 2.25. The summed E-state index contributed by atoms with van der Waals surface area (Å²) in [4.78, 5) is 19.4. The van der Waals surface area contributed by atoms with Crippen LogP contribution in [0.2, 0.25) is 0 Å².